The van der Waals surface area contributed by atoms with Gasteiger partial charge in [0, 0.05) is 5.69 Å². The van der Waals surface area contributed by atoms with Crippen molar-refractivity contribution in [3.05, 3.63) is 59.4 Å². The molecule has 2 aromatic carbocycles. The second-order valence-electron chi connectivity index (χ2n) is 6.68. The van der Waals surface area contributed by atoms with Crippen molar-refractivity contribution in [2.24, 2.45) is 0 Å². The summed E-state index contributed by atoms with van der Waals surface area (Å²) in [5, 5.41) is 2.37. The lowest BCUT2D eigenvalue weighted by molar-refractivity contribution is -0.146. The predicted octanol–water partition coefficient (Wildman–Crippen LogP) is 2.16. The van der Waals surface area contributed by atoms with Crippen LogP contribution in [0.5, 0.6) is 0 Å². The first-order valence-corrected chi connectivity index (χ1v) is 10.6. The molecule has 0 fully saturated rings. The maximum absolute atomic E-state index is 13.1. The smallest absolute Gasteiger partial charge is 0.321 e. The van der Waals surface area contributed by atoms with E-state index in [0.29, 0.717) is 0 Å². The highest BCUT2D eigenvalue weighted by molar-refractivity contribution is 7.89. The van der Waals surface area contributed by atoms with Gasteiger partial charge in [-0.3, -0.25) is 9.59 Å². The number of aryl methyl sites for hydroxylation is 2. The average Bonchev–Trinajstić information content (AvgIpc) is 2.70. The molecule has 0 aromatic heterocycles. The van der Waals surface area contributed by atoms with E-state index < -0.39 is 40.9 Å². The number of esters is 1. The van der Waals surface area contributed by atoms with Crippen LogP contribution in [0.2, 0.25) is 0 Å². The topological polar surface area (TPSA) is 102 Å². The van der Waals surface area contributed by atoms with Crippen molar-refractivity contribution in [1.29, 1.82) is 0 Å². The van der Waals surface area contributed by atoms with Crippen LogP contribution in [0.4, 0.5) is 10.1 Å². The summed E-state index contributed by atoms with van der Waals surface area (Å²) in [4.78, 5) is 23.6. The molecule has 0 heterocycles. The molecule has 0 atom stereocenters. The normalized spacial score (nSPS) is 13.4. The molecule has 0 bridgehead atoms. The van der Waals surface area contributed by atoms with Gasteiger partial charge in [0.25, 0.3) is 5.91 Å². The Hall–Kier alpha value is -2.78. The third kappa shape index (κ3) is 5.85. The second-order valence-corrected chi connectivity index (χ2v) is 8.45. The Morgan fingerprint density at radius 1 is 1.03 bits per heavy atom. The van der Waals surface area contributed by atoms with Gasteiger partial charge in [-0.05, 0) is 67.1 Å². The lowest BCUT2D eigenvalue weighted by Crippen LogP contribution is -2.32. The van der Waals surface area contributed by atoms with E-state index in [9.17, 15) is 22.4 Å². The first-order chi connectivity index (χ1) is 13.8. The molecule has 1 amide bonds. The van der Waals surface area contributed by atoms with Gasteiger partial charge < -0.3 is 10.1 Å². The van der Waals surface area contributed by atoms with Gasteiger partial charge in [-0.1, -0.05) is 12.1 Å². The van der Waals surface area contributed by atoms with Crippen LogP contribution in [-0.4, -0.2) is 33.4 Å². The minimum absolute atomic E-state index is 0.0924. The molecule has 0 saturated carbocycles. The minimum atomic E-state index is -3.87. The zero-order valence-electron chi connectivity index (χ0n) is 15.6. The highest BCUT2D eigenvalue weighted by Crippen LogP contribution is 2.24. The van der Waals surface area contributed by atoms with Crippen molar-refractivity contribution in [2.75, 3.05) is 18.5 Å². The summed E-state index contributed by atoms with van der Waals surface area (Å²) in [5.74, 6) is -2.08. The molecule has 9 heteroatoms. The largest absolute Gasteiger partial charge is 0.455 e. The molecule has 154 valence electrons. The minimum Gasteiger partial charge on any atom is -0.455 e. The molecular formula is C20H21FN2O5S. The summed E-state index contributed by atoms with van der Waals surface area (Å²) in [6.45, 7) is -1.22. The van der Waals surface area contributed by atoms with E-state index in [1.54, 1.807) is 12.1 Å². The zero-order valence-corrected chi connectivity index (χ0v) is 16.4. The van der Waals surface area contributed by atoms with E-state index in [1.807, 2.05) is 0 Å². The predicted molar refractivity (Wildman–Crippen MR) is 104 cm³/mol. The lowest BCUT2D eigenvalue weighted by Gasteiger charge is -2.16. The van der Waals surface area contributed by atoms with E-state index >= 15 is 0 Å². The number of carbonyl (C=O) groups is 2. The van der Waals surface area contributed by atoms with Crippen LogP contribution in [0.1, 0.15) is 24.0 Å². The molecule has 2 aromatic rings. The highest BCUT2D eigenvalue weighted by atomic mass is 32.2. The molecule has 0 spiro atoms. The van der Waals surface area contributed by atoms with Crippen LogP contribution in [0.15, 0.2) is 47.4 Å². The molecular weight excluding hydrogens is 399 g/mol. The number of sulfonamides is 1. The van der Waals surface area contributed by atoms with Crippen molar-refractivity contribution in [3.8, 4) is 0 Å². The Labute approximate surface area is 168 Å². The number of fused-ring (bicyclic) bond motifs is 1. The summed E-state index contributed by atoms with van der Waals surface area (Å²) in [5.41, 5.74) is 2.38. The Balaban J connectivity index is 1.48. The van der Waals surface area contributed by atoms with E-state index in [2.05, 4.69) is 10.0 Å². The average molecular weight is 420 g/mol. The summed E-state index contributed by atoms with van der Waals surface area (Å²) < 4.78 is 44.8. The third-order valence-corrected chi connectivity index (χ3v) is 5.91. The Bertz CT molecular complexity index is 1020. The molecule has 0 unspecified atom stereocenters. The second kappa shape index (κ2) is 9.15. The number of anilines is 1. The standard InChI is InChI=1S/C20H21FN2O5S/c21-16-6-3-7-17(11-16)23-19(24)13-28-20(25)12-22-29(26,27)18-9-8-14-4-1-2-5-15(14)10-18/h3,6-11,22H,1-2,4-5,12-13H2,(H,23,24). The number of nitrogens with one attached hydrogen (secondary N) is 2. The number of hydrogen-bond acceptors (Lipinski definition) is 5. The molecule has 0 radical (unpaired) electrons. The number of hydrogen-bond donors (Lipinski definition) is 2. The van der Waals surface area contributed by atoms with Crippen LogP contribution in [0, 0.1) is 5.82 Å². The Morgan fingerprint density at radius 3 is 2.55 bits per heavy atom. The van der Waals surface area contributed by atoms with Gasteiger partial charge in [-0.15, -0.1) is 0 Å². The van der Waals surface area contributed by atoms with Crippen LogP contribution in [0.3, 0.4) is 0 Å². The fraction of sp³-hybridized carbons (Fsp3) is 0.300. The fourth-order valence-corrected chi connectivity index (χ4v) is 4.09. The van der Waals surface area contributed by atoms with Gasteiger partial charge in [0.05, 0.1) is 4.90 Å². The number of benzene rings is 2. The van der Waals surface area contributed by atoms with Gasteiger partial charge in [-0.2, -0.15) is 4.72 Å². The molecule has 1 aliphatic rings. The Kier molecular flexibility index (Phi) is 6.60. The van der Waals surface area contributed by atoms with E-state index in [1.165, 1.54) is 24.3 Å². The summed E-state index contributed by atoms with van der Waals surface area (Å²) >= 11 is 0. The van der Waals surface area contributed by atoms with Crippen molar-refractivity contribution in [1.82, 2.24) is 4.72 Å². The SMILES string of the molecule is O=C(COC(=O)CNS(=O)(=O)c1ccc2c(c1)CCCC2)Nc1cccc(F)c1. The van der Waals surface area contributed by atoms with E-state index in [-0.39, 0.29) is 10.6 Å². The monoisotopic (exact) mass is 420 g/mol. The quantitative estimate of drug-likeness (QED) is 0.669. The molecule has 7 nitrogen and oxygen atoms in total. The molecule has 1 aliphatic carbocycles. The van der Waals surface area contributed by atoms with Crippen molar-refractivity contribution in [2.45, 2.75) is 30.6 Å². The summed E-state index contributed by atoms with van der Waals surface area (Å²) in [6, 6.07) is 10.2. The maximum Gasteiger partial charge on any atom is 0.321 e. The summed E-state index contributed by atoms with van der Waals surface area (Å²) in [6.07, 6.45) is 3.89. The van der Waals surface area contributed by atoms with Gasteiger partial charge in [0.15, 0.2) is 6.61 Å². The lowest BCUT2D eigenvalue weighted by atomic mass is 9.92. The van der Waals surface area contributed by atoms with Gasteiger partial charge in [0.2, 0.25) is 10.0 Å². The molecule has 2 N–H and O–H groups in total. The summed E-state index contributed by atoms with van der Waals surface area (Å²) in [7, 11) is -3.87. The van der Waals surface area contributed by atoms with Crippen LogP contribution < -0.4 is 10.0 Å². The Morgan fingerprint density at radius 2 is 1.79 bits per heavy atom. The third-order valence-electron chi connectivity index (χ3n) is 4.51. The number of halogens is 1. The zero-order chi connectivity index (χ0) is 20.9. The van der Waals surface area contributed by atoms with E-state index in [4.69, 9.17) is 4.74 Å². The van der Waals surface area contributed by atoms with Crippen molar-refractivity contribution < 1.29 is 27.1 Å². The van der Waals surface area contributed by atoms with Gasteiger partial charge in [-0.25, -0.2) is 12.8 Å². The molecule has 29 heavy (non-hydrogen) atoms. The van der Waals surface area contributed by atoms with Gasteiger partial charge in [0.1, 0.15) is 12.4 Å². The fourth-order valence-electron chi connectivity index (χ4n) is 3.07. The molecule has 3 rings (SSSR count). The van der Waals surface area contributed by atoms with Crippen LogP contribution in [-0.2, 0) is 37.2 Å². The highest BCUT2D eigenvalue weighted by Gasteiger charge is 2.19. The number of amides is 1. The number of rotatable bonds is 7. The van der Waals surface area contributed by atoms with Gasteiger partial charge >= 0.3 is 5.97 Å². The van der Waals surface area contributed by atoms with Crippen molar-refractivity contribution >= 4 is 27.6 Å². The first kappa shape index (κ1) is 20.9. The van der Waals surface area contributed by atoms with Crippen LogP contribution in [0.25, 0.3) is 0 Å². The van der Waals surface area contributed by atoms with E-state index in [0.717, 1.165) is 42.9 Å². The van der Waals surface area contributed by atoms with Crippen LogP contribution >= 0.6 is 0 Å². The molecule has 0 saturated heterocycles. The maximum atomic E-state index is 13.1. The van der Waals surface area contributed by atoms with Crippen molar-refractivity contribution in [3.63, 3.8) is 0 Å². The first-order valence-electron chi connectivity index (χ1n) is 9.16. The number of ether oxygens (including phenoxy) is 1. The molecule has 0 aliphatic heterocycles. The number of carbonyl (C=O) groups excluding carboxylic acids is 2.